The summed E-state index contributed by atoms with van der Waals surface area (Å²) in [6.45, 7) is 7.62. The van der Waals surface area contributed by atoms with Crippen molar-refractivity contribution in [3.8, 4) is 11.3 Å². The van der Waals surface area contributed by atoms with E-state index >= 15 is 0 Å². The molecule has 0 unspecified atom stereocenters. The third-order valence-corrected chi connectivity index (χ3v) is 5.20. The van der Waals surface area contributed by atoms with E-state index in [0.29, 0.717) is 30.6 Å². The van der Waals surface area contributed by atoms with Crippen LogP contribution in [0.5, 0.6) is 0 Å². The zero-order valence-electron chi connectivity index (χ0n) is 18.7. The molecule has 3 rings (SSSR count). The second-order valence-corrected chi connectivity index (χ2v) is 7.51. The number of aromatic amines is 1. The van der Waals surface area contributed by atoms with Crippen molar-refractivity contribution in [1.82, 2.24) is 20.1 Å². The number of amides is 1. The first-order valence-electron chi connectivity index (χ1n) is 10.8. The molecule has 3 aromatic rings. The lowest BCUT2D eigenvalue weighted by atomic mass is 10.0. The highest BCUT2D eigenvalue weighted by molar-refractivity contribution is 6.06. The maximum absolute atomic E-state index is 14.7. The summed E-state index contributed by atoms with van der Waals surface area (Å²) in [4.78, 5) is 19.2. The van der Waals surface area contributed by atoms with Gasteiger partial charge in [-0.2, -0.15) is 5.10 Å². The number of benzene rings is 1. The number of carbonyl (C=O) groups is 1. The molecular weight excluding hydrogens is 438 g/mol. The van der Waals surface area contributed by atoms with E-state index in [1.54, 1.807) is 30.5 Å². The molecule has 2 heterocycles. The number of aromatic nitrogens is 3. The first-order valence-corrected chi connectivity index (χ1v) is 10.8. The van der Waals surface area contributed by atoms with Crippen LogP contribution in [-0.2, 0) is 11.2 Å². The molecule has 0 bridgehead atoms. The fourth-order valence-corrected chi connectivity index (χ4v) is 3.49. The summed E-state index contributed by atoms with van der Waals surface area (Å²) < 4.78 is 27.9. The minimum Gasteiger partial charge on any atom is -0.396 e. The lowest BCUT2D eigenvalue weighted by Crippen LogP contribution is -2.35. The Kier molecular flexibility index (Phi) is 8.59. The average molecular weight is 465 g/mol. The van der Waals surface area contributed by atoms with Gasteiger partial charge in [0, 0.05) is 49.1 Å². The highest BCUT2D eigenvalue weighted by Crippen LogP contribution is 2.30. The van der Waals surface area contributed by atoms with Gasteiger partial charge in [0.1, 0.15) is 11.6 Å². The van der Waals surface area contributed by atoms with Crippen molar-refractivity contribution in [3.63, 3.8) is 0 Å². The molecule has 8 heteroatoms. The molecule has 0 radical (unpaired) electrons. The van der Waals surface area contributed by atoms with Gasteiger partial charge >= 0.3 is 0 Å². The van der Waals surface area contributed by atoms with E-state index in [2.05, 4.69) is 28.3 Å². The fraction of sp³-hybridized carbons (Fsp3) is 0.192. The lowest BCUT2D eigenvalue weighted by molar-refractivity contribution is -0.126. The van der Waals surface area contributed by atoms with E-state index in [-0.39, 0.29) is 35.8 Å². The Balaban J connectivity index is 1.94. The van der Waals surface area contributed by atoms with Crippen LogP contribution < -0.4 is 0 Å². The zero-order valence-corrected chi connectivity index (χ0v) is 18.7. The van der Waals surface area contributed by atoms with Crippen molar-refractivity contribution in [2.45, 2.75) is 12.8 Å². The average Bonchev–Trinajstić information content (AvgIpc) is 3.32. The SMILES string of the molecule is C=C/C(C(=O)N(CCCO)CCc1ccccn1)=C(\C(=C)F)c1cc(-c2ccc(F)cc2)n[nH]1. The number of pyridine rings is 1. The standard InChI is InChI=1S/C26H26F2N4O2/c1-3-22(26(34)32(14-6-16-33)15-12-21-7-4-5-13-29-21)25(18(2)27)24-17-23(30-31-24)19-8-10-20(28)11-9-19/h3-5,7-11,13,17,33H,1-2,6,12,14-16H2,(H,30,31)/b25-22-. The number of carbonyl (C=O) groups excluding carboxylic acids is 1. The van der Waals surface area contributed by atoms with E-state index in [1.807, 2.05) is 12.1 Å². The van der Waals surface area contributed by atoms with Crippen molar-refractivity contribution in [2.24, 2.45) is 0 Å². The van der Waals surface area contributed by atoms with Gasteiger partial charge in [0.15, 0.2) is 0 Å². The van der Waals surface area contributed by atoms with Crippen molar-refractivity contribution in [1.29, 1.82) is 0 Å². The summed E-state index contributed by atoms with van der Waals surface area (Å²) in [5, 5.41) is 16.2. The number of halogens is 2. The van der Waals surface area contributed by atoms with Gasteiger partial charge in [-0.15, -0.1) is 0 Å². The summed E-state index contributed by atoms with van der Waals surface area (Å²) in [6.07, 6.45) is 3.82. The zero-order chi connectivity index (χ0) is 24.5. The molecule has 0 saturated carbocycles. The van der Waals surface area contributed by atoms with Crippen LogP contribution in [-0.4, -0.2) is 50.8 Å². The quantitative estimate of drug-likeness (QED) is 0.324. The van der Waals surface area contributed by atoms with Crippen LogP contribution in [0, 0.1) is 5.82 Å². The molecule has 2 N–H and O–H groups in total. The minimum atomic E-state index is -0.829. The molecule has 0 saturated heterocycles. The van der Waals surface area contributed by atoms with Crippen molar-refractivity contribution >= 4 is 11.5 Å². The molecule has 34 heavy (non-hydrogen) atoms. The van der Waals surface area contributed by atoms with E-state index < -0.39 is 11.7 Å². The van der Waals surface area contributed by atoms with E-state index in [0.717, 1.165) is 5.69 Å². The number of hydrogen-bond acceptors (Lipinski definition) is 4. The number of hydrogen-bond donors (Lipinski definition) is 2. The number of aliphatic hydroxyl groups excluding tert-OH is 1. The van der Waals surface area contributed by atoms with Crippen molar-refractivity contribution in [3.05, 3.63) is 103 Å². The summed E-state index contributed by atoms with van der Waals surface area (Å²) >= 11 is 0. The third kappa shape index (κ3) is 6.11. The van der Waals surface area contributed by atoms with Gasteiger partial charge in [0.05, 0.1) is 17.0 Å². The topological polar surface area (TPSA) is 82.1 Å². The highest BCUT2D eigenvalue weighted by atomic mass is 19.1. The Morgan fingerprint density at radius 2 is 1.94 bits per heavy atom. The first kappa shape index (κ1) is 24.7. The molecule has 0 atom stereocenters. The molecule has 176 valence electrons. The monoisotopic (exact) mass is 464 g/mol. The Morgan fingerprint density at radius 1 is 1.18 bits per heavy atom. The second-order valence-electron chi connectivity index (χ2n) is 7.51. The molecule has 0 spiro atoms. The third-order valence-electron chi connectivity index (χ3n) is 5.20. The van der Waals surface area contributed by atoms with Crippen LogP contribution in [0.25, 0.3) is 16.8 Å². The molecule has 6 nitrogen and oxygen atoms in total. The molecule has 2 aromatic heterocycles. The van der Waals surface area contributed by atoms with E-state index in [4.69, 9.17) is 0 Å². The van der Waals surface area contributed by atoms with Gasteiger partial charge in [-0.3, -0.25) is 14.9 Å². The first-order chi connectivity index (χ1) is 16.4. The molecule has 0 aliphatic heterocycles. The number of nitrogens with one attached hydrogen (secondary N) is 1. The summed E-state index contributed by atoms with van der Waals surface area (Å²) in [6, 6.07) is 12.8. The molecule has 1 amide bonds. The van der Waals surface area contributed by atoms with Crippen LogP contribution in [0.3, 0.4) is 0 Å². The van der Waals surface area contributed by atoms with Gasteiger partial charge in [-0.05, 0) is 48.9 Å². The second kappa shape index (κ2) is 11.8. The van der Waals surface area contributed by atoms with Crippen LogP contribution >= 0.6 is 0 Å². The predicted molar refractivity (Wildman–Crippen MR) is 128 cm³/mol. The van der Waals surface area contributed by atoms with Gasteiger partial charge in [0.25, 0.3) is 5.91 Å². The number of aliphatic hydroxyl groups is 1. The van der Waals surface area contributed by atoms with E-state index in [1.165, 1.54) is 23.1 Å². The Bertz CT molecular complexity index is 1170. The van der Waals surface area contributed by atoms with Gasteiger partial charge in [-0.25, -0.2) is 8.78 Å². The Labute approximate surface area is 197 Å². The molecule has 0 aliphatic carbocycles. The summed E-state index contributed by atoms with van der Waals surface area (Å²) in [7, 11) is 0. The molecule has 1 aromatic carbocycles. The fourth-order valence-electron chi connectivity index (χ4n) is 3.49. The Hall–Kier alpha value is -3.91. The summed E-state index contributed by atoms with van der Waals surface area (Å²) in [5.74, 6) is -1.67. The normalized spacial score (nSPS) is 11.6. The van der Waals surface area contributed by atoms with Gasteiger partial charge < -0.3 is 10.0 Å². The van der Waals surface area contributed by atoms with Crippen molar-refractivity contribution < 1.29 is 18.7 Å². The maximum atomic E-state index is 14.7. The molecular formula is C26H26F2N4O2. The number of H-pyrrole nitrogens is 1. The summed E-state index contributed by atoms with van der Waals surface area (Å²) in [5.41, 5.74) is 2.08. The van der Waals surface area contributed by atoms with Crippen LogP contribution in [0.4, 0.5) is 8.78 Å². The van der Waals surface area contributed by atoms with Crippen LogP contribution in [0.1, 0.15) is 17.8 Å². The largest absolute Gasteiger partial charge is 0.396 e. The van der Waals surface area contributed by atoms with Gasteiger partial charge in [-0.1, -0.05) is 25.3 Å². The number of allylic oxidation sites excluding steroid dienone is 2. The highest BCUT2D eigenvalue weighted by Gasteiger charge is 2.23. The van der Waals surface area contributed by atoms with Crippen LogP contribution in [0.2, 0.25) is 0 Å². The van der Waals surface area contributed by atoms with Crippen molar-refractivity contribution in [2.75, 3.05) is 19.7 Å². The van der Waals surface area contributed by atoms with Crippen LogP contribution in [0.15, 0.2) is 85.4 Å². The van der Waals surface area contributed by atoms with E-state index in [9.17, 15) is 18.7 Å². The smallest absolute Gasteiger partial charge is 0.254 e. The Morgan fingerprint density at radius 3 is 2.56 bits per heavy atom. The minimum absolute atomic E-state index is 0.0146. The van der Waals surface area contributed by atoms with Gasteiger partial charge in [0.2, 0.25) is 0 Å². The molecule has 0 fully saturated rings. The lowest BCUT2D eigenvalue weighted by Gasteiger charge is -2.24. The molecule has 0 aliphatic rings. The number of rotatable bonds is 11. The number of nitrogens with zero attached hydrogens (tertiary/aromatic N) is 3. The maximum Gasteiger partial charge on any atom is 0.254 e. The predicted octanol–water partition coefficient (Wildman–Crippen LogP) is 4.49.